The van der Waals surface area contributed by atoms with Crippen molar-refractivity contribution in [2.45, 2.75) is 45.4 Å². The van der Waals surface area contributed by atoms with Gasteiger partial charge in [-0.25, -0.2) is 9.97 Å². The van der Waals surface area contributed by atoms with Gasteiger partial charge in [0.05, 0.1) is 0 Å². The van der Waals surface area contributed by atoms with Gasteiger partial charge >= 0.3 is 0 Å². The molecule has 0 unspecified atom stereocenters. The second-order valence-electron chi connectivity index (χ2n) is 5.60. The number of hydrogen-bond donors (Lipinski definition) is 0. The number of rotatable bonds is 2. The van der Waals surface area contributed by atoms with Crippen molar-refractivity contribution in [3.05, 3.63) is 40.3 Å². The molecule has 1 aliphatic rings. The first-order valence-corrected chi connectivity index (χ1v) is 7.49. The number of hydrogen-bond acceptors (Lipinski definition) is 3. The normalized spacial score (nSPS) is 15.8. The molecule has 1 aliphatic carbocycles. The van der Waals surface area contributed by atoms with Crippen molar-refractivity contribution in [1.29, 1.82) is 0 Å². The highest BCUT2D eigenvalue weighted by molar-refractivity contribution is 6.29. The molecule has 4 heteroatoms. The van der Waals surface area contributed by atoms with Crippen LogP contribution in [0.4, 0.5) is 0 Å². The smallest absolute Gasteiger partial charge is 0.180 e. The van der Waals surface area contributed by atoms with Crippen molar-refractivity contribution in [2.75, 3.05) is 0 Å². The zero-order valence-electron chi connectivity index (χ0n) is 11.9. The van der Waals surface area contributed by atoms with Gasteiger partial charge in [-0.1, -0.05) is 30.5 Å². The molecule has 0 aliphatic heterocycles. The van der Waals surface area contributed by atoms with Crippen LogP contribution in [0.25, 0.3) is 11.5 Å². The number of aromatic nitrogens is 3. The average Bonchev–Trinajstić information content (AvgIpc) is 2.91. The van der Waals surface area contributed by atoms with Gasteiger partial charge in [-0.2, -0.15) is 0 Å². The zero-order chi connectivity index (χ0) is 14.1. The van der Waals surface area contributed by atoms with Gasteiger partial charge in [-0.3, -0.25) is 4.98 Å². The Morgan fingerprint density at radius 1 is 1.10 bits per heavy atom. The predicted molar refractivity (Wildman–Crippen MR) is 81.0 cm³/mol. The Hall–Kier alpha value is -1.48. The summed E-state index contributed by atoms with van der Waals surface area (Å²) in [6, 6.07) is 4.01. The fraction of sp³-hybridized carbons (Fsp3) is 0.438. The van der Waals surface area contributed by atoms with Crippen LogP contribution < -0.4 is 0 Å². The van der Waals surface area contributed by atoms with Gasteiger partial charge in [0.1, 0.15) is 10.8 Å². The Bertz CT molecular complexity index is 634. The van der Waals surface area contributed by atoms with E-state index in [-0.39, 0.29) is 0 Å². The lowest BCUT2D eigenvalue weighted by Gasteiger charge is -2.11. The lowest BCUT2D eigenvalue weighted by molar-refractivity contribution is 0.695. The third-order valence-corrected chi connectivity index (χ3v) is 4.11. The number of nitrogens with zero attached hydrogens (tertiary/aromatic N) is 3. The molecule has 0 aromatic carbocycles. The quantitative estimate of drug-likeness (QED) is 0.765. The molecule has 1 fully saturated rings. The summed E-state index contributed by atoms with van der Waals surface area (Å²) in [5.41, 5.74) is 4.13. The molecular formula is C16H18ClN3. The Morgan fingerprint density at radius 3 is 2.55 bits per heavy atom. The van der Waals surface area contributed by atoms with E-state index >= 15 is 0 Å². The third kappa shape index (κ3) is 2.68. The summed E-state index contributed by atoms with van der Waals surface area (Å²) in [4.78, 5) is 13.5. The van der Waals surface area contributed by atoms with Crippen LogP contribution in [-0.2, 0) is 0 Å². The minimum atomic E-state index is 0.513. The Balaban J connectivity index is 2.04. The molecule has 0 atom stereocenters. The lowest BCUT2D eigenvalue weighted by Crippen LogP contribution is -2.02. The first-order chi connectivity index (χ1) is 9.63. The van der Waals surface area contributed by atoms with Crippen molar-refractivity contribution in [1.82, 2.24) is 15.0 Å². The minimum Gasteiger partial charge on any atom is -0.252 e. The lowest BCUT2D eigenvalue weighted by atomic mass is 10.0. The van der Waals surface area contributed by atoms with Gasteiger partial charge < -0.3 is 0 Å². The molecule has 0 saturated heterocycles. The SMILES string of the molecule is Cc1cnc(-c2nc(Cl)cc(C3CCCC3)n2)c(C)c1. The summed E-state index contributed by atoms with van der Waals surface area (Å²) in [7, 11) is 0. The predicted octanol–water partition coefficient (Wildman–Crippen LogP) is 4.47. The first kappa shape index (κ1) is 13.5. The maximum atomic E-state index is 6.18. The monoisotopic (exact) mass is 287 g/mol. The minimum absolute atomic E-state index is 0.513. The highest BCUT2D eigenvalue weighted by Gasteiger charge is 2.20. The van der Waals surface area contributed by atoms with Crippen LogP contribution in [0, 0.1) is 13.8 Å². The molecule has 104 valence electrons. The summed E-state index contributed by atoms with van der Waals surface area (Å²) in [6.45, 7) is 4.07. The maximum absolute atomic E-state index is 6.18. The standard InChI is InChI=1S/C16H18ClN3/c1-10-7-11(2)15(18-9-10)16-19-13(8-14(17)20-16)12-5-3-4-6-12/h7-9,12H,3-6H2,1-2H3. The summed E-state index contributed by atoms with van der Waals surface area (Å²) in [6.07, 6.45) is 6.81. The molecular weight excluding hydrogens is 270 g/mol. The maximum Gasteiger partial charge on any atom is 0.180 e. The van der Waals surface area contributed by atoms with Crippen molar-refractivity contribution < 1.29 is 0 Å². The van der Waals surface area contributed by atoms with E-state index in [2.05, 4.69) is 16.0 Å². The van der Waals surface area contributed by atoms with E-state index in [1.54, 1.807) is 0 Å². The molecule has 2 heterocycles. The molecule has 1 saturated carbocycles. The molecule has 3 rings (SSSR count). The molecule has 0 amide bonds. The van der Waals surface area contributed by atoms with Crippen molar-refractivity contribution in [3.8, 4) is 11.5 Å². The van der Waals surface area contributed by atoms with E-state index in [4.69, 9.17) is 16.6 Å². The van der Waals surface area contributed by atoms with Crippen molar-refractivity contribution >= 4 is 11.6 Å². The van der Waals surface area contributed by atoms with E-state index < -0.39 is 0 Å². The topological polar surface area (TPSA) is 38.7 Å². The summed E-state index contributed by atoms with van der Waals surface area (Å²) in [5, 5.41) is 0.513. The van der Waals surface area contributed by atoms with E-state index in [0.717, 1.165) is 22.5 Å². The van der Waals surface area contributed by atoms with Gasteiger partial charge in [0, 0.05) is 17.8 Å². The van der Waals surface area contributed by atoms with Crippen LogP contribution in [0.15, 0.2) is 18.3 Å². The Kier molecular flexibility index (Phi) is 3.70. The summed E-state index contributed by atoms with van der Waals surface area (Å²) >= 11 is 6.18. The van der Waals surface area contributed by atoms with E-state index in [0.29, 0.717) is 16.9 Å². The average molecular weight is 288 g/mol. The highest BCUT2D eigenvalue weighted by Crippen LogP contribution is 2.34. The Labute approximate surface area is 124 Å². The van der Waals surface area contributed by atoms with Crippen LogP contribution in [0.5, 0.6) is 0 Å². The fourth-order valence-electron chi connectivity index (χ4n) is 2.92. The molecule has 0 radical (unpaired) electrons. The number of halogens is 1. The second-order valence-corrected chi connectivity index (χ2v) is 5.99. The summed E-state index contributed by atoms with van der Waals surface area (Å²) in [5.74, 6) is 1.18. The van der Waals surface area contributed by atoms with Crippen LogP contribution in [0.1, 0.15) is 48.4 Å². The molecule has 3 nitrogen and oxygen atoms in total. The Morgan fingerprint density at radius 2 is 1.85 bits per heavy atom. The van der Waals surface area contributed by atoms with Crippen molar-refractivity contribution in [3.63, 3.8) is 0 Å². The molecule has 2 aromatic heterocycles. The van der Waals surface area contributed by atoms with Crippen molar-refractivity contribution in [2.24, 2.45) is 0 Å². The van der Waals surface area contributed by atoms with Crippen LogP contribution in [0.2, 0.25) is 5.15 Å². The fourth-order valence-corrected chi connectivity index (χ4v) is 3.11. The van der Waals surface area contributed by atoms with E-state index in [9.17, 15) is 0 Å². The van der Waals surface area contributed by atoms with Crippen LogP contribution in [0.3, 0.4) is 0 Å². The van der Waals surface area contributed by atoms with E-state index in [1.165, 1.54) is 25.7 Å². The first-order valence-electron chi connectivity index (χ1n) is 7.11. The zero-order valence-corrected chi connectivity index (χ0v) is 12.6. The van der Waals surface area contributed by atoms with Gasteiger partial charge in [0.2, 0.25) is 0 Å². The molecule has 0 spiro atoms. The molecule has 0 bridgehead atoms. The highest BCUT2D eigenvalue weighted by atomic mass is 35.5. The molecule has 2 aromatic rings. The van der Waals surface area contributed by atoms with Gasteiger partial charge in [0.25, 0.3) is 0 Å². The number of aryl methyl sites for hydroxylation is 2. The van der Waals surface area contributed by atoms with Gasteiger partial charge in [-0.05, 0) is 43.9 Å². The molecule has 0 N–H and O–H groups in total. The van der Waals surface area contributed by atoms with Crippen LogP contribution >= 0.6 is 11.6 Å². The molecule has 20 heavy (non-hydrogen) atoms. The van der Waals surface area contributed by atoms with E-state index in [1.807, 2.05) is 26.1 Å². The largest absolute Gasteiger partial charge is 0.252 e. The second kappa shape index (κ2) is 5.49. The summed E-state index contributed by atoms with van der Waals surface area (Å²) < 4.78 is 0. The van der Waals surface area contributed by atoms with Crippen LogP contribution in [-0.4, -0.2) is 15.0 Å². The van der Waals surface area contributed by atoms with Gasteiger partial charge in [0.15, 0.2) is 5.82 Å². The van der Waals surface area contributed by atoms with Gasteiger partial charge in [-0.15, -0.1) is 0 Å². The number of pyridine rings is 1. The third-order valence-electron chi connectivity index (χ3n) is 3.91.